The van der Waals surface area contributed by atoms with Gasteiger partial charge >= 0.3 is 6.03 Å². The molecule has 0 radical (unpaired) electrons. The molecular formula is C34H43N9O4. The Balaban J connectivity index is 0.963. The molecule has 7 rings (SSSR count). The lowest BCUT2D eigenvalue weighted by Crippen LogP contribution is -2.58. The van der Waals surface area contributed by atoms with Crippen LogP contribution in [0.1, 0.15) is 36.5 Å². The highest BCUT2D eigenvalue weighted by Crippen LogP contribution is 2.29. The molecule has 13 heteroatoms. The van der Waals surface area contributed by atoms with E-state index in [4.69, 9.17) is 24.4 Å². The van der Waals surface area contributed by atoms with Gasteiger partial charge in [0.05, 0.1) is 26.4 Å². The average molecular weight is 642 g/mol. The lowest BCUT2D eigenvalue weighted by molar-refractivity contribution is 0.0187. The molecule has 3 aromatic rings. The van der Waals surface area contributed by atoms with E-state index in [9.17, 15) is 9.59 Å². The highest BCUT2D eigenvalue weighted by atomic mass is 16.5. The van der Waals surface area contributed by atoms with E-state index >= 15 is 0 Å². The lowest BCUT2D eigenvalue weighted by Gasteiger charge is -2.47. The fourth-order valence-corrected chi connectivity index (χ4v) is 6.58. The van der Waals surface area contributed by atoms with Crippen molar-refractivity contribution >= 4 is 35.2 Å². The molecule has 4 aliphatic rings. The number of nitrogens with one attached hydrogen (secondary N) is 2. The Morgan fingerprint density at radius 1 is 0.723 bits per heavy atom. The molecule has 3 saturated heterocycles. The summed E-state index contributed by atoms with van der Waals surface area (Å²) in [5.41, 5.74) is 2.68. The second kappa shape index (κ2) is 14.2. The van der Waals surface area contributed by atoms with Crippen LogP contribution in [0.5, 0.6) is 0 Å². The SMILES string of the molecule is CC1CN(C(=O)c2ccc(NC(=O)Nc3ccc(-c4nc(N5CCOCC5)nc(N5CCOCC5)n4)cc3)cc2)CCN1C1CCC1. The molecule has 3 aliphatic heterocycles. The zero-order chi connectivity index (χ0) is 32.2. The van der Waals surface area contributed by atoms with Crippen molar-refractivity contribution in [2.45, 2.75) is 38.3 Å². The number of nitrogens with zero attached hydrogens (tertiary/aromatic N) is 7. The molecule has 0 bridgehead atoms. The number of urea groups is 1. The van der Waals surface area contributed by atoms with E-state index in [0.29, 0.717) is 73.2 Å². The van der Waals surface area contributed by atoms with E-state index in [1.54, 1.807) is 24.3 Å². The molecule has 2 aromatic carbocycles. The predicted molar refractivity (Wildman–Crippen MR) is 180 cm³/mol. The van der Waals surface area contributed by atoms with Crippen LogP contribution in [0.15, 0.2) is 48.5 Å². The third-order valence-electron chi connectivity index (χ3n) is 9.50. The summed E-state index contributed by atoms with van der Waals surface area (Å²) in [6, 6.07) is 15.2. The predicted octanol–water partition coefficient (Wildman–Crippen LogP) is 3.55. The molecule has 4 heterocycles. The molecule has 1 atom stereocenters. The van der Waals surface area contributed by atoms with Crippen molar-refractivity contribution < 1.29 is 19.1 Å². The number of piperazine rings is 1. The first kappa shape index (κ1) is 31.3. The van der Waals surface area contributed by atoms with E-state index < -0.39 is 0 Å². The van der Waals surface area contributed by atoms with Crippen molar-refractivity contribution in [2.75, 3.05) is 92.7 Å². The van der Waals surface area contributed by atoms with Gasteiger partial charge in [0.25, 0.3) is 5.91 Å². The minimum Gasteiger partial charge on any atom is -0.378 e. The van der Waals surface area contributed by atoms with Crippen LogP contribution in [0.4, 0.5) is 28.1 Å². The Hall–Kier alpha value is -4.33. The second-order valence-electron chi connectivity index (χ2n) is 12.6. The van der Waals surface area contributed by atoms with Crippen LogP contribution in [-0.4, -0.2) is 121 Å². The Morgan fingerprint density at radius 3 is 1.79 bits per heavy atom. The van der Waals surface area contributed by atoms with Gasteiger partial charge in [0, 0.05) is 80.4 Å². The fraction of sp³-hybridized carbons (Fsp3) is 0.500. The van der Waals surface area contributed by atoms with E-state index in [1.807, 2.05) is 29.2 Å². The van der Waals surface area contributed by atoms with Gasteiger partial charge in [-0.05, 0) is 68.3 Å². The van der Waals surface area contributed by atoms with E-state index in [-0.39, 0.29) is 11.9 Å². The van der Waals surface area contributed by atoms with E-state index in [1.165, 1.54) is 19.3 Å². The van der Waals surface area contributed by atoms with Crippen LogP contribution in [0.2, 0.25) is 0 Å². The first-order chi connectivity index (χ1) is 23.0. The molecule has 1 unspecified atom stereocenters. The van der Waals surface area contributed by atoms with Crippen molar-refractivity contribution in [3.8, 4) is 11.4 Å². The number of ether oxygens (including phenoxy) is 2. The summed E-state index contributed by atoms with van der Waals surface area (Å²) in [6.45, 7) is 10.1. The molecule has 4 fully saturated rings. The molecule has 248 valence electrons. The minimum atomic E-state index is -0.373. The molecule has 13 nitrogen and oxygen atoms in total. The number of benzene rings is 2. The van der Waals surface area contributed by atoms with Gasteiger partial charge in [-0.3, -0.25) is 9.69 Å². The molecule has 47 heavy (non-hydrogen) atoms. The maximum atomic E-state index is 13.2. The quantitative estimate of drug-likeness (QED) is 0.395. The standard InChI is InChI=1S/C34H43N9O4/c1-24-23-42(13-14-43(24)29-3-2-4-29)31(44)26-7-11-28(12-8-26)36-34(45)35-27-9-5-25(6-10-27)30-37-32(40-15-19-46-20-16-40)39-33(38-30)41-17-21-47-22-18-41/h5-12,24,29H,2-4,13-23H2,1H3,(H2,35,36,45). The van der Waals surface area contributed by atoms with Gasteiger partial charge in [0.15, 0.2) is 5.82 Å². The lowest BCUT2D eigenvalue weighted by atomic mass is 9.89. The number of carbonyl (C=O) groups is 2. The van der Waals surface area contributed by atoms with E-state index in [2.05, 4.69) is 32.3 Å². The van der Waals surface area contributed by atoms with Crippen LogP contribution in [-0.2, 0) is 9.47 Å². The molecule has 3 amide bonds. The number of morpholine rings is 2. The molecule has 1 aromatic heterocycles. The van der Waals surface area contributed by atoms with Crippen molar-refractivity contribution in [2.24, 2.45) is 0 Å². The van der Waals surface area contributed by atoms with Gasteiger partial charge < -0.3 is 34.8 Å². The number of carbonyl (C=O) groups excluding carboxylic acids is 2. The van der Waals surface area contributed by atoms with Crippen LogP contribution in [0, 0.1) is 0 Å². The third-order valence-corrected chi connectivity index (χ3v) is 9.50. The highest BCUT2D eigenvalue weighted by molar-refractivity contribution is 6.00. The van der Waals surface area contributed by atoms with Gasteiger partial charge in [-0.2, -0.15) is 15.0 Å². The monoisotopic (exact) mass is 641 g/mol. The summed E-state index contributed by atoms with van der Waals surface area (Å²) in [5, 5.41) is 5.75. The fourth-order valence-electron chi connectivity index (χ4n) is 6.58. The Kier molecular flexibility index (Phi) is 9.45. The third kappa shape index (κ3) is 7.32. The number of rotatable bonds is 7. The summed E-state index contributed by atoms with van der Waals surface area (Å²) in [6.07, 6.45) is 3.87. The minimum absolute atomic E-state index is 0.0357. The molecule has 2 N–H and O–H groups in total. The van der Waals surface area contributed by atoms with Gasteiger partial charge in [-0.15, -0.1) is 0 Å². The van der Waals surface area contributed by atoms with Crippen LogP contribution in [0.3, 0.4) is 0 Å². The molecular weight excluding hydrogens is 598 g/mol. The van der Waals surface area contributed by atoms with Gasteiger partial charge in [-0.25, -0.2) is 4.79 Å². The zero-order valence-electron chi connectivity index (χ0n) is 26.9. The highest BCUT2D eigenvalue weighted by Gasteiger charge is 2.34. The van der Waals surface area contributed by atoms with Crippen molar-refractivity contribution in [1.29, 1.82) is 0 Å². The first-order valence-electron chi connectivity index (χ1n) is 16.8. The smallest absolute Gasteiger partial charge is 0.323 e. The van der Waals surface area contributed by atoms with Crippen LogP contribution < -0.4 is 20.4 Å². The molecule has 0 spiro atoms. The summed E-state index contributed by atoms with van der Waals surface area (Å²) in [7, 11) is 0. The number of hydrogen-bond donors (Lipinski definition) is 2. The summed E-state index contributed by atoms with van der Waals surface area (Å²) >= 11 is 0. The van der Waals surface area contributed by atoms with Crippen molar-refractivity contribution in [3.05, 3.63) is 54.1 Å². The number of amides is 3. The van der Waals surface area contributed by atoms with E-state index in [0.717, 1.165) is 51.4 Å². The molecule has 1 saturated carbocycles. The van der Waals surface area contributed by atoms with Crippen LogP contribution in [0.25, 0.3) is 11.4 Å². The van der Waals surface area contributed by atoms with Crippen molar-refractivity contribution in [3.63, 3.8) is 0 Å². The number of aromatic nitrogens is 3. The topological polar surface area (TPSA) is 128 Å². The first-order valence-corrected chi connectivity index (χ1v) is 16.8. The Morgan fingerprint density at radius 2 is 1.28 bits per heavy atom. The average Bonchev–Trinajstić information content (AvgIpc) is 3.09. The van der Waals surface area contributed by atoms with Crippen LogP contribution >= 0.6 is 0 Å². The second-order valence-corrected chi connectivity index (χ2v) is 12.6. The Bertz CT molecular complexity index is 1500. The van der Waals surface area contributed by atoms with Gasteiger partial charge in [0.1, 0.15) is 0 Å². The maximum absolute atomic E-state index is 13.2. The zero-order valence-corrected chi connectivity index (χ0v) is 26.9. The van der Waals surface area contributed by atoms with Crippen molar-refractivity contribution in [1.82, 2.24) is 24.8 Å². The summed E-state index contributed by atoms with van der Waals surface area (Å²) in [4.78, 5) is 49.2. The molecule has 1 aliphatic carbocycles. The summed E-state index contributed by atoms with van der Waals surface area (Å²) in [5.74, 6) is 1.88. The maximum Gasteiger partial charge on any atom is 0.323 e. The van der Waals surface area contributed by atoms with Gasteiger partial charge in [0.2, 0.25) is 11.9 Å². The summed E-state index contributed by atoms with van der Waals surface area (Å²) < 4.78 is 11.0. The number of hydrogen-bond acceptors (Lipinski definition) is 10. The Labute approximate surface area is 275 Å². The van der Waals surface area contributed by atoms with Gasteiger partial charge in [-0.1, -0.05) is 6.42 Å². The normalized spacial score (nSPS) is 20.9. The number of anilines is 4. The largest absolute Gasteiger partial charge is 0.378 e.